The lowest BCUT2D eigenvalue weighted by Crippen LogP contribution is -2.46. The number of carbonyl (C=O) groups is 1. The number of rotatable bonds is 5. The second-order valence-corrected chi connectivity index (χ2v) is 6.28. The van der Waals surface area contributed by atoms with Crippen molar-refractivity contribution in [1.82, 2.24) is 20.2 Å². The number of methoxy groups -OCH3 is 1. The van der Waals surface area contributed by atoms with Crippen LogP contribution in [-0.2, 0) is 10.2 Å². The molecule has 130 valence electrons. The van der Waals surface area contributed by atoms with E-state index >= 15 is 0 Å². The maximum Gasteiger partial charge on any atom is 0.276 e. The Morgan fingerprint density at radius 3 is 2.58 bits per heavy atom. The van der Waals surface area contributed by atoms with Crippen LogP contribution in [0.1, 0.15) is 47.2 Å². The first-order valence-electron chi connectivity index (χ1n) is 8.06. The number of hydrogen-bond acceptors (Lipinski definition) is 7. The fourth-order valence-corrected chi connectivity index (χ4v) is 3.16. The Morgan fingerprint density at radius 1 is 1.29 bits per heavy atom. The Morgan fingerprint density at radius 2 is 2.04 bits per heavy atom. The summed E-state index contributed by atoms with van der Waals surface area (Å²) in [6.45, 7) is 5.40. The lowest BCUT2D eigenvalue weighted by atomic mass is 9.75. The fraction of sp³-hybridized carbons (Fsp3) is 0.625. The Kier molecular flexibility index (Phi) is 4.66. The summed E-state index contributed by atoms with van der Waals surface area (Å²) in [4.78, 5) is 18.7. The van der Waals surface area contributed by atoms with Gasteiger partial charge >= 0.3 is 0 Å². The van der Waals surface area contributed by atoms with Gasteiger partial charge in [-0.25, -0.2) is 0 Å². The predicted molar refractivity (Wildman–Crippen MR) is 83.6 cm³/mol. The van der Waals surface area contributed by atoms with E-state index in [4.69, 9.17) is 13.8 Å². The van der Waals surface area contributed by atoms with Crippen LogP contribution in [0.2, 0.25) is 0 Å². The first-order valence-corrected chi connectivity index (χ1v) is 8.06. The van der Waals surface area contributed by atoms with Gasteiger partial charge in [-0.3, -0.25) is 4.79 Å². The van der Waals surface area contributed by atoms with Gasteiger partial charge in [0, 0.05) is 45.2 Å². The molecule has 0 aromatic carbocycles. The van der Waals surface area contributed by atoms with Gasteiger partial charge in [0.15, 0.2) is 11.5 Å². The van der Waals surface area contributed by atoms with Crippen LogP contribution in [0.4, 0.5) is 0 Å². The maximum absolute atomic E-state index is 12.5. The van der Waals surface area contributed by atoms with Crippen molar-refractivity contribution >= 4 is 5.91 Å². The van der Waals surface area contributed by atoms with E-state index in [-0.39, 0.29) is 11.3 Å². The van der Waals surface area contributed by atoms with Gasteiger partial charge in [0.1, 0.15) is 5.76 Å². The maximum atomic E-state index is 12.5. The van der Waals surface area contributed by atoms with E-state index in [2.05, 4.69) is 15.3 Å². The summed E-state index contributed by atoms with van der Waals surface area (Å²) in [5, 5.41) is 7.94. The Hall–Kier alpha value is -2.22. The quantitative estimate of drug-likeness (QED) is 0.824. The van der Waals surface area contributed by atoms with Gasteiger partial charge in [0.2, 0.25) is 5.89 Å². The van der Waals surface area contributed by atoms with Crippen LogP contribution in [0.25, 0.3) is 0 Å². The molecule has 2 aromatic rings. The average molecular weight is 334 g/mol. The van der Waals surface area contributed by atoms with Crippen molar-refractivity contribution in [2.45, 2.75) is 38.5 Å². The standard InChI is InChI=1S/C16H22N4O4/c1-11-10-13(18-23-11)14(21)20-7-4-16(5-8-20,6-9-22-3)15-17-12(2)24-19-15/h10H,4-9H2,1-3H3. The molecule has 2 aromatic heterocycles. The zero-order chi connectivity index (χ0) is 17.2. The molecule has 0 bridgehead atoms. The SMILES string of the molecule is COCCC1(c2noc(C)n2)CCN(C(=O)c2cc(C)on2)CC1. The molecule has 1 saturated heterocycles. The molecule has 0 radical (unpaired) electrons. The first-order chi connectivity index (χ1) is 11.5. The van der Waals surface area contributed by atoms with Crippen molar-refractivity contribution in [3.05, 3.63) is 29.2 Å². The van der Waals surface area contributed by atoms with Crippen molar-refractivity contribution < 1.29 is 18.6 Å². The number of piperidine rings is 1. The second-order valence-electron chi connectivity index (χ2n) is 6.28. The van der Waals surface area contributed by atoms with Crippen LogP contribution in [0.5, 0.6) is 0 Å². The van der Waals surface area contributed by atoms with E-state index in [1.807, 2.05) is 0 Å². The predicted octanol–water partition coefficient (Wildman–Crippen LogP) is 1.88. The van der Waals surface area contributed by atoms with Crippen LogP contribution in [-0.4, -0.2) is 52.9 Å². The number of ether oxygens (including phenoxy) is 1. The Balaban J connectivity index is 1.73. The third kappa shape index (κ3) is 3.19. The van der Waals surface area contributed by atoms with Crippen molar-refractivity contribution in [2.24, 2.45) is 0 Å². The van der Waals surface area contributed by atoms with Crippen molar-refractivity contribution in [2.75, 3.05) is 26.8 Å². The smallest absolute Gasteiger partial charge is 0.276 e. The number of hydrogen-bond donors (Lipinski definition) is 0. The number of likely N-dealkylation sites (tertiary alicyclic amines) is 1. The second kappa shape index (κ2) is 6.72. The van der Waals surface area contributed by atoms with Crippen molar-refractivity contribution in [3.8, 4) is 0 Å². The number of nitrogens with zero attached hydrogens (tertiary/aromatic N) is 4. The molecule has 0 N–H and O–H groups in total. The van der Waals surface area contributed by atoms with Crippen LogP contribution < -0.4 is 0 Å². The highest BCUT2D eigenvalue weighted by Gasteiger charge is 2.41. The van der Waals surface area contributed by atoms with E-state index in [9.17, 15) is 4.79 Å². The van der Waals surface area contributed by atoms with E-state index in [1.165, 1.54) is 0 Å². The normalized spacial score (nSPS) is 17.2. The van der Waals surface area contributed by atoms with E-state index in [0.29, 0.717) is 42.9 Å². The van der Waals surface area contributed by atoms with Gasteiger partial charge < -0.3 is 18.7 Å². The van der Waals surface area contributed by atoms with E-state index in [0.717, 1.165) is 19.3 Å². The molecule has 3 heterocycles. The largest absolute Gasteiger partial charge is 0.385 e. The number of aryl methyl sites for hydroxylation is 2. The molecule has 0 aliphatic carbocycles. The third-order valence-electron chi connectivity index (χ3n) is 4.64. The van der Waals surface area contributed by atoms with Crippen molar-refractivity contribution in [1.29, 1.82) is 0 Å². The molecule has 24 heavy (non-hydrogen) atoms. The van der Waals surface area contributed by atoms with Crippen LogP contribution in [0, 0.1) is 13.8 Å². The molecule has 0 spiro atoms. The summed E-state index contributed by atoms with van der Waals surface area (Å²) in [7, 11) is 1.68. The van der Waals surface area contributed by atoms with Gasteiger partial charge in [-0.1, -0.05) is 10.3 Å². The molecule has 1 fully saturated rings. The topological polar surface area (TPSA) is 94.5 Å². The Bertz CT molecular complexity index is 701. The van der Waals surface area contributed by atoms with Crippen LogP contribution in [0.3, 0.4) is 0 Å². The monoisotopic (exact) mass is 334 g/mol. The highest BCUT2D eigenvalue weighted by molar-refractivity contribution is 5.92. The highest BCUT2D eigenvalue weighted by atomic mass is 16.5. The molecule has 8 nitrogen and oxygen atoms in total. The average Bonchev–Trinajstić information content (AvgIpc) is 3.21. The molecule has 8 heteroatoms. The zero-order valence-electron chi connectivity index (χ0n) is 14.2. The van der Waals surface area contributed by atoms with Gasteiger partial charge in [0.25, 0.3) is 5.91 Å². The van der Waals surface area contributed by atoms with Crippen LogP contribution >= 0.6 is 0 Å². The van der Waals surface area contributed by atoms with Gasteiger partial charge in [-0.05, 0) is 26.2 Å². The van der Waals surface area contributed by atoms with E-state index in [1.54, 1.807) is 31.9 Å². The van der Waals surface area contributed by atoms with Gasteiger partial charge in [-0.2, -0.15) is 4.98 Å². The summed E-state index contributed by atoms with van der Waals surface area (Å²) in [5.74, 6) is 1.79. The molecular formula is C16H22N4O4. The molecule has 0 saturated carbocycles. The number of aromatic nitrogens is 3. The Labute approximate surface area is 140 Å². The minimum absolute atomic E-state index is 0.100. The minimum Gasteiger partial charge on any atom is -0.385 e. The summed E-state index contributed by atoms with van der Waals surface area (Å²) in [6.07, 6.45) is 2.32. The van der Waals surface area contributed by atoms with E-state index < -0.39 is 0 Å². The molecular weight excluding hydrogens is 312 g/mol. The summed E-state index contributed by atoms with van der Waals surface area (Å²) in [5.41, 5.74) is 0.136. The molecule has 1 amide bonds. The minimum atomic E-state index is -0.218. The summed E-state index contributed by atoms with van der Waals surface area (Å²) < 4.78 is 15.4. The molecule has 0 unspecified atom stereocenters. The molecule has 1 aliphatic heterocycles. The molecule has 1 aliphatic rings. The van der Waals surface area contributed by atoms with Crippen molar-refractivity contribution in [3.63, 3.8) is 0 Å². The fourth-order valence-electron chi connectivity index (χ4n) is 3.16. The van der Waals surface area contributed by atoms with Gasteiger partial charge in [0.05, 0.1) is 0 Å². The summed E-state index contributed by atoms with van der Waals surface area (Å²) in [6, 6.07) is 1.66. The van der Waals surface area contributed by atoms with Gasteiger partial charge in [-0.15, -0.1) is 0 Å². The van der Waals surface area contributed by atoms with Crippen LogP contribution in [0.15, 0.2) is 15.1 Å². The third-order valence-corrected chi connectivity index (χ3v) is 4.64. The lowest BCUT2D eigenvalue weighted by Gasteiger charge is -2.39. The number of carbonyl (C=O) groups excluding carboxylic acids is 1. The highest BCUT2D eigenvalue weighted by Crippen LogP contribution is 2.37. The molecule has 0 atom stereocenters. The lowest BCUT2D eigenvalue weighted by molar-refractivity contribution is 0.0606. The molecule has 3 rings (SSSR count). The first kappa shape index (κ1) is 16.6. The number of amides is 1. The zero-order valence-corrected chi connectivity index (χ0v) is 14.2. The summed E-state index contributed by atoms with van der Waals surface area (Å²) >= 11 is 0.